The van der Waals surface area contributed by atoms with E-state index in [-0.39, 0.29) is 24.7 Å². The van der Waals surface area contributed by atoms with Gasteiger partial charge in [0.05, 0.1) is 33.9 Å². The number of para-hydroxylation sites is 2. The predicted molar refractivity (Wildman–Crippen MR) is 172 cm³/mol. The van der Waals surface area contributed by atoms with Gasteiger partial charge in [0.2, 0.25) is 12.0 Å². The van der Waals surface area contributed by atoms with Crippen molar-refractivity contribution in [3.05, 3.63) is 113 Å². The molecular formula is C34H27BrFN5O5. The van der Waals surface area contributed by atoms with E-state index in [2.05, 4.69) is 35.9 Å². The first-order valence-electron chi connectivity index (χ1n) is 14.1. The maximum absolute atomic E-state index is 13.6. The van der Waals surface area contributed by atoms with Crippen LogP contribution in [0, 0.1) is 5.82 Å². The highest BCUT2D eigenvalue weighted by Crippen LogP contribution is 2.40. The third kappa shape index (κ3) is 6.24. The normalized spacial score (nSPS) is 11.7. The molecule has 1 N–H and O–H groups in total. The van der Waals surface area contributed by atoms with Crippen LogP contribution in [0.2, 0.25) is 0 Å². The van der Waals surface area contributed by atoms with Crippen molar-refractivity contribution in [3.63, 3.8) is 0 Å². The van der Waals surface area contributed by atoms with Gasteiger partial charge in [-0.05, 0) is 75.6 Å². The number of carboxylic acids is 1. The fourth-order valence-corrected chi connectivity index (χ4v) is 5.95. The molecule has 1 atom stereocenters. The lowest BCUT2D eigenvalue weighted by molar-refractivity contribution is -0.145. The van der Waals surface area contributed by atoms with Crippen molar-refractivity contribution in [2.45, 2.75) is 19.1 Å². The topological polar surface area (TPSA) is 121 Å². The molecule has 0 aliphatic carbocycles. The van der Waals surface area contributed by atoms with Gasteiger partial charge in [-0.2, -0.15) is 0 Å². The van der Waals surface area contributed by atoms with E-state index in [1.54, 1.807) is 49.7 Å². The summed E-state index contributed by atoms with van der Waals surface area (Å²) in [6.45, 7) is 0.121. The largest absolute Gasteiger partial charge is 0.496 e. The van der Waals surface area contributed by atoms with Crippen LogP contribution in [0.1, 0.15) is 11.3 Å². The highest BCUT2D eigenvalue weighted by atomic mass is 79.9. The maximum Gasteiger partial charge on any atom is 0.345 e. The lowest BCUT2D eigenvalue weighted by atomic mass is 10.1. The summed E-state index contributed by atoms with van der Waals surface area (Å²) in [7, 11) is 3.40. The molecule has 3 aromatic carbocycles. The zero-order valence-electron chi connectivity index (χ0n) is 24.7. The summed E-state index contributed by atoms with van der Waals surface area (Å²) in [5.41, 5.74) is 3.97. The summed E-state index contributed by atoms with van der Waals surface area (Å²) < 4.78 is 33.7. The number of hydrogen-bond donors (Lipinski definition) is 1. The van der Waals surface area contributed by atoms with Gasteiger partial charge in [0.1, 0.15) is 35.9 Å². The van der Waals surface area contributed by atoms with Crippen LogP contribution >= 0.6 is 15.9 Å². The molecule has 0 aliphatic rings. The first-order chi connectivity index (χ1) is 22.3. The molecule has 6 rings (SSSR count). The Kier molecular flexibility index (Phi) is 8.88. The highest BCUT2D eigenvalue weighted by Gasteiger charge is 2.27. The van der Waals surface area contributed by atoms with Gasteiger partial charge in [-0.1, -0.05) is 30.3 Å². The number of carboxylic acid groups (broad SMARTS) is 1. The van der Waals surface area contributed by atoms with Gasteiger partial charge in [0, 0.05) is 19.7 Å². The number of ether oxygens (including phenoxy) is 3. The Morgan fingerprint density at radius 1 is 0.978 bits per heavy atom. The van der Waals surface area contributed by atoms with Crippen molar-refractivity contribution >= 4 is 32.9 Å². The molecule has 3 heterocycles. The summed E-state index contributed by atoms with van der Waals surface area (Å²) in [5, 5.41) is 10.7. The van der Waals surface area contributed by atoms with Gasteiger partial charge in [-0.25, -0.2) is 29.1 Å². The first-order valence-corrected chi connectivity index (χ1v) is 14.9. The van der Waals surface area contributed by atoms with Crippen LogP contribution in [0.4, 0.5) is 4.39 Å². The number of nitrogens with zero attached hydrogens (tertiary/aromatic N) is 5. The van der Waals surface area contributed by atoms with Crippen molar-refractivity contribution in [2.24, 2.45) is 7.05 Å². The molecule has 0 saturated heterocycles. The van der Waals surface area contributed by atoms with Gasteiger partial charge in [-0.15, -0.1) is 0 Å². The SMILES string of the molecule is COc1ccccc1-c1nccc(COc2ccccc2C[C@@H](Oc2ncnc3c2c(Br)c(-c2ccc(F)cc2)n3C)C(=O)O)n1. The Labute approximate surface area is 271 Å². The van der Waals surface area contributed by atoms with E-state index in [0.717, 1.165) is 11.1 Å². The van der Waals surface area contributed by atoms with Crippen molar-refractivity contribution in [2.75, 3.05) is 7.11 Å². The summed E-state index contributed by atoms with van der Waals surface area (Å²) in [6, 6.07) is 22.4. The van der Waals surface area contributed by atoms with Crippen LogP contribution in [0.25, 0.3) is 33.7 Å². The molecular weight excluding hydrogens is 657 g/mol. The third-order valence-corrected chi connectivity index (χ3v) is 8.11. The Morgan fingerprint density at radius 3 is 2.48 bits per heavy atom. The Hall–Kier alpha value is -5.36. The Balaban J connectivity index is 1.24. The number of aryl methyl sites for hydroxylation is 1. The van der Waals surface area contributed by atoms with Crippen LogP contribution in [0.3, 0.4) is 0 Å². The van der Waals surface area contributed by atoms with Crippen molar-refractivity contribution in [1.82, 2.24) is 24.5 Å². The Morgan fingerprint density at radius 2 is 1.72 bits per heavy atom. The minimum absolute atomic E-state index is 0.0114. The molecule has 3 aromatic heterocycles. The second-order valence-electron chi connectivity index (χ2n) is 10.2. The van der Waals surface area contributed by atoms with Crippen LogP contribution < -0.4 is 14.2 Å². The molecule has 10 nitrogen and oxygen atoms in total. The summed E-state index contributed by atoms with van der Waals surface area (Å²) in [4.78, 5) is 30.2. The maximum atomic E-state index is 13.6. The lowest BCUT2D eigenvalue weighted by Crippen LogP contribution is -2.30. The first kappa shape index (κ1) is 30.7. The molecule has 0 unspecified atom stereocenters. The molecule has 12 heteroatoms. The average Bonchev–Trinajstić information content (AvgIpc) is 3.34. The molecule has 0 aliphatic heterocycles. The standard InChI is InChI=1S/C34H27BrFN5O5/c1-41-30(20-11-13-22(36)14-12-20)29(35)28-32(41)38-19-39-33(28)46-27(34(42)43)17-21-7-3-5-9-25(21)45-18-23-15-16-37-31(40-23)24-8-4-6-10-26(24)44-2/h3-16,19,27H,17-18H2,1-2H3,(H,42,43)/t27-/m1/s1. The second-order valence-corrected chi connectivity index (χ2v) is 11.0. The second kappa shape index (κ2) is 13.3. The molecule has 232 valence electrons. The van der Waals surface area contributed by atoms with E-state index in [1.165, 1.54) is 18.5 Å². The van der Waals surface area contributed by atoms with Crippen molar-refractivity contribution < 1.29 is 28.5 Å². The monoisotopic (exact) mass is 683 g/mol. The van der Waals surface area contributed by atoms with Gasteiger partial charge in [-0.3, -0.25) is 0 Å². The minimum Gasteiger partial charge on any atom is -0.496 e. The molecule has 6 aromatic rings. The van der Waals surface area contributed by atoms with Crippen LogP contribution in [0.15, 0.2) is 95.9 Å². The number of benzene rings is 3. The van der Waals surface area contributed by atoms with Gasteiger partial charge < -0.3 is 23.9 Å². The van der Waals surface area contributed by atoms with Crippen LogP contribution in [-0.4, -0.2) is 48.8 Å². The number of carbonyl (C=O) groups is 1. The number of hydrogen-bond acceptors (Lipinski definition) is 8. The molecule has 0 fully saturated rings. The average molecular weight is 685 g/mol. The minimum atomic E-state index is -1.31. The van der Waals surface area contributed by atoms with E-state index in [4.69, 9.17) is 14.2 Å². The quantitative estimate of drug-likeness (QED) is 0.160. The molecule has 0 radical (unpaired) electrons. The number of aliphatic carboxylic acids is 1. The molecule has 0 saturated carbocycles. The molecule has 0 spiro atoms. The van der Waals surface area contributed by atoms with E-state index in [9.17, 15) is 14.3 Å². The van der Waals surface area contributed by atoms with E-state index in [1.807, 2.05) is 41.9 Å². The fraction of sp³-hybridized carbons (Fsp3) is 0.147. The van der Waals surface area contributed by atoms with Crippen molar-refractivity contribution in [3.8, 4) is 40.0 Å². The third-order valence-electron chi connectivity index (χ3n) is 7.33. The number of methoxy groups -OCH3 is 1. The predicted octanol–water partition coefficient (Wildman–Crippen LogP) is 6.66. The van der Waals surface area contributed by atoms with Crippen LogP contribution in [0.5, 0.6) is 17.4 Å². The van der Waals surface area contributed by atoms with Gasteiger partial charge >= 0.3 is 5.97 Å². The molecule has 46 heavy (non-hydrogen) atoms. The van der Waals surface area contributed by atoms with Gasteiger partial charge in [0.25, 0.3) is 0 Å². The number of fused-ring (bicyclic) bond motifs is 1. The highest BCUT2D eigenvalue weighted by molar-refractivity contribution is 9.10. The lowest BCUT2D eigenvalue weighted by Gasteiger charge is -2.17. The zero-order chi connectivity index (χ0) is 32.2. The summed E-state index contributed by atoms with van der Waals surface area (Å²) in [5.74, 6) is 0.201. The fourth-order valence-electron chi connectivity index (χ4n) is 5.11. The molecule has 0 bridgehead atoms. The Bertz CT molecular complexity index is 2040. The zero-order valence-corrected chi connectivity index (χ0v) is 26.3. The van der Waals surface area contributed by atoms with E-state index >= 15 is 0 Å². The van der Waals surface area contributed by atoms with E-state index < -0.39 is 12.1 Å². The summed E-state index contributed by atoms with van der Waals surface area (Å²) >= 11 is 3.63. The number of halogens is 2. The summed E-state index contributed by atoms with van der Waals surface area (Å²) in [6.07, 6.45) is 1.65. The number of rotatable bonds is 11. The smallest absolute Gasteiger partial charge is 0.345 e. The molecule has 0 amide bonds. The number of aromatic nitrogens is 5. The van der Waals surface area contributed by atoms with E-state index in [0.29, 0.717) is 49.8 Å². The van der Waals surface area contributed by atoms with Gasteiger partial charge in [0.15, 0.2) is 5.82 Å². The van der Waals surface area contributed by atoms with Crippen LogP contribution in [-0.2, 0) is 24.9 Å². The van der Waals surface area contributed by atoms with Crippen molar-refractivity contribution in [1.29, 1.82) is 0 Å².